The van der Waals surface area contributed by atoms with Crippen LogP contribution in [0.2, 0.25) is 0 Å². The van der Waals surface area contributed by atoms with E-state index in [0.717, 1.165) is 30.5 Å². The SMILES string of the molecule is CS(=O)(=O)Nc1ccccc1CNC(=O)NCc1cccc(N2CCCC2=O)c1. The van der Waals surface area contributed by atoms with Gasteiger partial charge in [0.25, 0.3) is 0 Å². The zero-order valence-electron chi connectivity index (χ0n) is 16.1. The van der Waals surface area contributed by atoms with Gasteiger partial charge in [-0.15, -0.1) is 0 Å². The molecular formula is C20H24N4O4S. The second-order valence-corrected chi connectivity index (χ2v) is 8.63. The van der Waals surface area contributed by atoms with Gasteiger partial charge >= 0.3 is 6.03 Å². The molecule has 0 bridgehead atoms. The second-order valence-electron chi connectivity index (χ2n) is 6.89. The third kappa shape index (κ3) is 5.95. The van der Waals surface area contributed by atoms with Crippen molar-refractivity contribution in [2.75, 3.05) is 22.4 Å². The predicted molar refractivity (Wildman–Crippen MR) is 112 cm³/mol. The highest BCUT2D eigenvalue weighted by Crippen LogP contribution is 2.22. The zero-order chi connectivity index (χ0) is 20.9. The summed E-state index contributed by atoms with van der Waals surface area (Å²) in [6.07, 6.45) is 2.51. The van der Waals surface area contributed by atoms with Crippen LogP contribution in [0.1, 0.15) is 24.0 Å². The maximum Gasteiger partial charge on any atom is 0.315 e. The summed E-state index contributed by atoms with van der Waals surface area (Å²) >= 11 is 0. The van der Waals surface area contributed by atoms with Crippen molar-refractivity contribution in [2.24, 2.45) is 0 Å². The Morgan fingerprint density at radius 1 is 1.07 bits per heavy atom. The summed E-state index contributed by atoms with van der Waals surface area (Å²) in [7, 11) is -3.41. The summed E-state index contributed by atoms with van der Waals surface area (Å²) < 4.78 is 25.4. The summed E-state index contributed by atoms with van der Waals surface area (Å²) in [5.74, 6) is 0.120. The number of carbonyl (C=O) groups excluding carboxylic acids is 2. The summed E-state index contributed by atoms with van der Waals surface area (Å²) in [5, 5.41) is 5.50. The van der Waals surface area contributed by atoms with E-state index >= 15 is 0 Å². The van der Waals surface area contributed by atoms with Gasteiger partial charge in [-0.25, -0.2) is 13.2 Å². The van der Waals surface area contributed by atoms with Crippen LogP contribution in [0.4, 0.5) is 16.2 Å². The van der Waals surface area contributed by atoms with Crippen LogP contribution >= 0.6 is 0 Å². The largest absolute Gasteiger partial charge is 0.334 e. The van der Waals surface area contributed by atoms with Crippen LogP contribution in [-0.2, 0) is 27.9 Å². The normalized spacial score (nSPS) is 14.0. The maximum atomic E-state index is 12.2. The molecule has 0 unspecified atom stereocenters. The number of nitrogens with zero attached hydrogens (tertiary/aromatic N) is 1. The molecule has 3 N–H and O–H groups in total. The van der Waals surface area contributed by atoms with E-state index in [-0.39, 0.29) is 18.5 Å². The van der Waals surface area contributed by atoms with Crippen molar-refractivity contribution in [1.82, 2.24) is 10.6 Å². The van der Waals surface area contributed by atoms with Crippen LogP contribution in [0.25, 0.3) is 0 Å². The number of para-hydroxylation sites is 1. The average Bonchev–Trinajstić information content (AvgIpc) is 3.11. The lowest BCUT2D eigenvalue weighted by atomic mass is 10.2. The Balaban J connectivity index is 1.54. The Bertz CT molecular complexity index is 1010. The van der Waals surface area contributed by atoms with Gasteiger partial charge in [0.2, 0.25) is 15.9 Å². The lowest BCUT2D eigenvalue weighted by Crippen LogP contribution is -2.34. The van der Waals surface area contributed by atoms with Crippen LogP contribution in [0, 0.1) is 0 Å². The molecule has 1 fully saturated rings. The lowest BCUT2D eigenvalue weighted by molar-refractivity contribution is -0.117. The lowest BCUT2D eigenvalue weighted by Gasteiger charge is -2.17. The highest BCUT2D eigenvalue weighted by molar-refractivity contribution is 7.92. The molecule has 9 heteroatoms. The highest BCUT2D eigenvalue weighted by atomic mass is 32.2. The first kappa shape index (κ1) is 20.7. The Hall–Kier alpha value is -3.07. The minimum atomic E-state index is -3.41. The van der Waals surface area contributed by atoms with Crippen molar-refractivity contribution >= 4 is 33.3 Å². The van der Waals surface area contributed by atoms with E-state index in [4.69, 9.17) is 0 Å². The predicted octanol–water partition coefficient (Wildman–Crippen LogP) is 2.18. The topological polar surface area (TPSA) is 108 Å². The van der Waals surface area contributed by atoms with Gasteiger partial charge < -0.3 is 15.5 Å². The monoisotopic (exact) mass is 416 g/mol. The van der Waals surface area contributed by atoms with Crippen molar-refractivity contribution in [3.05, 3.63) is 59.7 Å². The summed E-state index contributed by atoms with van der Waals surface area (Å²) in [4.78, 5) is 25.8. The Morgan fingerprint density at radius 2 is 1.83 bits per heavy atom. The number of carbonyl (C=O) groups is 2. The summed E-state index contributed by atoms with van der Waals surface area (Å²) in [6.45, 7) is 1.20. The number of urea groups is 1. The third-order valence-corrected chi connectivity index (χ3v) is 5.09. The number of hydrogen-bond donors (Lipinski definition) is 3. The fourth-order valence-corrected chi connectivity index (χ4v) is 3.75. The van der Waals surface area contributed by atoms with Crippen molar-refractivity contribution in [3.8, 4) is 0 Å². The minimum Gasteiger partial charge on any atom is -0.334 e. The molecule has 3 amide bonds. The standard InChI is InChI=1S/C20H24N4O4S/c1-29(27,28)23-18-9-3-2-7-16(18)14-22-20(26)21-13-15-6-4-8-17(12-15)24-11-5-10-19(24)25/h2-4,6-9,12,23H,5,10-11,13-14H2,1H3,(H2,21,22,26). The van der Waals surface area contributed by atoms with Gasteiger partial charge in [0, 0.05) is 31.7 Å². The van der Waals surface area contributed by atoms with Crippen LogP contribution < -0.4 is 20.3 Å². The number of nitrogens with one attached hydrogen (secondary N) is 3. The minimum absolute atomic E-state index is 0.120. The molecule has 1 heterocycles. The zero-order valence-corrected chi connectivity index (χ0v) is 17.0. The second kappa shape index (κ2) is 8.95. The number of rotatable bonds is 7. The van der Waals surface area contributed by atoms with Crippen LogP contribution in [0.15, 0.2) is 48.5 Å². The van der Waals surface area contributed by atoms with Gasteiger partial charge in [-0.05, 0) is 35.7 Å². The molecule has 0 saturated carbocycles. The molecule has 0 aliphatic carbocycles. The highest BCUT2D eigenvalue weighted by Gasteiger charge is 2.21. The first-order valence-electron chi connectivity index (χ1n) is 9.28. The number of sulfonamides is 1. The van der Waals surface area contributed by atoms with E-state index in [1.165, 1.54) is 0 Å². The maximum absolute atomic E-state index is 12.2. The molecule has 3 rings (SSSR count). The summed E-state index contributed by atoms with van der Waals surface area (Å²) in [6, 6.07) is 14.0. The number of anilines is 2. The molecule has 2 aromatic rings. The number of amides is 3. The smallest absolute Gasteiger partial charge is 0.315 e. The fraction of sp³-hybridized carbons (Fsp3) is 0.300. The molecule has 1 saturated heterocycles. The van der Waals surface area contributed by atoms with Crippen molar-refractivity contribution in [3.63, 3.8) is 0 Å². The van der Waals surface area contributed by atoms with E-state index < -0.39 is 10.0 Å². The molecule has 8 nitrogen and oxygen atoms in total. The molecule has 0 aromatic heterocycles. The van der Waals surface area contributed by atoms with E-state index in [1.807, 2.05) is 24.3 Å². The molecule has 154 valence electrons. The van der Waals surface area contributed by atoms with Crippen molar-refractivity contribution in [1.29, 1.82) is 0 Å². The van der Waals surface area contributed by atoms with Gasteiger partial charge in [0.1, 0.15) is 0 Å². The van der Waals surface area contributed by atoms with Gasteiger partial charge in [-0.1, -0.05) is 30.3 Å². The van der Waals surface area contributed by atoms with E-state index in [0.29, 0.717) is 24.2 Å². The average molecular weight is 417 g/mol. The van der Waals surface area contributed by atoms with E-state index in [1.54, 1.807) is 29.2 Å². The van der Waals surface area contributed by atoms with Crippen molar-refractivity contribution in [2.45, 2.75) is 25.9 Å². The molecular weight excluding hydrogens is 392 g/mol. The Labute approximate surface area is 170 Å². The van der Waals surface area contributed by atoms with Crippen LogP contribution in [0.5, 0.6) is 0 Å². The molecule has 0 radical (unpaired) electrons. The van der Waals surface area contributed by atoms with Gasteiger partial charge in [-0.3, -0.25) is 9.52 Å². The Kier molecular flexibility index (Phi) is 6.38. The molecule has 29 heavy (non-hydrogen) atoms. The fourth-order valence-electron chi connectivity index (χ4n) is 3.15. The Morgan fingerprint density at radius 3 is 2.55 bits per heavy atom. The first-order chi connectivity index (χ1) is 13.8. The molecule has 1 aliphatic heterocycles. The molecule has 2 aromatic carbocycles. The molecule has 0 spiro atoms. The van der Waals surface area contributed by atoms with Crippen LogP contribution in [-0.4, -0.2) is 33.2 Å². The summed E-state index contributed by atoms with van der Waals surface area (Å²) in [5.41, 5.74) is 2.81. The molecule has 0 atom stereocenters. The quantitative estimate of drug-likeness (QED) is 0.643. The van der Waals surface area contributed by atoms with Crippen molar-refractivity contribution < 1.29 is 18.0 Å². The first-order valence-corrected chi connectivity index (χ1v) is 11.2. The number of hydrogen-bond acceptors (Lipinski definition) is 4. The van der Waals surface area contributed by atoms with Gasteiger partial charge in [0.05, 0.1) is 11.9 Å². The van der Waals surface area contributed by atoms with E-state index in [2.05, 4.69) is 15.4 Å². The molecule has 1 aliphatic rings. The number of benzene rings is 2. The van der Waals surface area contributed by atoms with Crippen LogP contribution in [0.3, 0.4) is 0 Å². The van der Waals surface area contributed by atoms with Gasteiger partial charge in [0.15, 0.2) is 0 Å². The van der Waals surface area contributed by atoms with E-state index in [9.17, 15) is 18.0 Å². The van der Waals surface area contributed by atoms with Gasteiger partial charge in [-0.2, -0.15) is 0 Å². The third-order valence-electron chi connectivity index (χ3n) is 4.50.